The van der Waals surface area contributed by atoms with E-state index >= 15 is 0 Å². The fourth-order valence-electron chi connectivity index (χ4n) is 3.83. The van der Waals surface area contributed by atoms with E-state index in [4.69, 9.17) is 4.74 Å². The van der Waals surface area contributed by atoms with E-state index in [1.807, 2.05) is 79.5 Å². The normalized spacial score (nSPS) is 12.4. The Morgan fingerprint density at radius 1 is 0.912 bits per heavy atom. The summed E-state index contributed by atoms with van der Waals surface area (Å²) in [6.45, 7) is 4.68. The van der Waals surface area contributed by atoms with Crippen LogP contribution >= 0.6 is 0 Å². The maximum absolute atomic E-state index is 14.0. The van der Waals surface area contributed by atoms with Crippen molar-refractivity contribution in [1.29, 1.82) is 0 Å². The Labute approximate surface area is 202 Å². The van der Waals surface area contributed by atoms with E-state index in [1.54, 1.807) is 31.2 Å². The van der Waals surface area contributed by atoms with Crippen LogP contribution in [0.15, 0.2) is 89.8 Å². The topological polar surface area (TPSA) is 66.9 Å². The van der Waals surface area contributed by atoms with Crippen molar-refractivity contribution in [2.45, 2.75) is 31.2 Å². The third-order valence-electron chi connectivity index (χ3n) is 5.54. The fourth-order valence-corrected chi connectivity index (χ4v) is 5.50. The highest BCUT2D eigenvalue weighted by molar-refractivity contribution is 7.92. The molecule has 3 aromatic rings. The van der Waals surface area contributed by atoms with Gasteiger partial charge in [0.2, 0.25) is 0 Å². The smallest absolute Gasteiger partial charge is 0.320 e. The van der Waals surface area contributed by atoms with Gasteiger partial charge in [-0.2, -0.15) is 0 Å². The predicted molar refractivity (Wildman–Crippen MR) is 135 cm³/mol. The zero-order valence-corrected chi connectivity index (χ0v) is 20.7. The van der Waals surface area contributed by atoms with Crippen LogP contribution in [0.3, 0.4) is 0 Å². The van der Waals surface area contributed by atoms with Crippen LogP contribution in [0.2, 0.25) is 0 Å². The predicted octanol–water partition coefficient (Wildman–Crippen LogP) is 4.82. The molecule has 0 saturated heterocycles. The molecule has 0 N–H and O–H groups in total. The molecule has 6 nitrogen and oxygen atoms in total. The molecule has 0 fully saturated rings. The number of nitrogens with zero attached hydrogens (tertiary/aromatic N) is 2. The SMILES string of the molecule is CCOC(=O)CN(C)CCC(c1ccccc1)N(c1ccccc1)S(=O)(=O)c1ccc(C)cc1. The van der Waals surface area contributed by atoms with Gasteiger partial charge in [-0.05, 0) is 57.1 Å². The Kier molecular flexibility index (Phi) is 8.85. The average molecular weight is 481 g/mol. The molecular weight excluding hydrogens is 448 g/mol. The second-order valence-corrected chi connectivity index (χ2v) is 10.0. The minimum atomic E-state index is -3.87. The van der Waals surface area contributed by atoms with E-state index in [9.17, 15) is 13.2 Å². The molecule has 0 bridgehead atoms. The number of esters is 1. The lowest BCUT2D eigenvalue weighted by molar-refractivity contribution is -0.144. The van der Waals surface area contributed by atoms with Crippen molar-refractivity contribution in [3.63, 3.8) is 0 Å². The Morgan fingerprint density at radius 3 is 2.09 bits per heavy atom. The van der Waals surface area contributed by atoms with Gasteiger partial charge < -0.3 is 4.74 Å². The number of anilines is 1. The molecule has 3 aromatic carbocycles. The minimum absolute atomic E-state index is 0.144. The molecule has 0 aliphatic carbocycles. The molecule has 7 heteroatoms. The summed E-state index contributed by atoms with van der Waals surface area (Å²) in [5, 5.41) is 0. The summed E-state index contributed by atoms with van der Waals surface area (Å²) in [6.07, 6.45) is 0.486. The van der Waals surface area contributed by atoms with Gasteiger partial charge in [-0.15, -0.1) is 0 Å². The number of hydrogen-bond acceptors (Lipinski definition) is 5. The van der Waals surface area contributed by atoms with Crippen LogP contribution in [-0.2, 0) is 19.6 Å². The molecule has 1 atom stereocenters. The lowest BCUT2D eigenvalue weighted by atomic mass is 10.0. The number of ether oxygens (including phenoxy) is 1. The number of benzene rings is 3. The van der Waals surface area contributed by atoms with Crippen molar-refractivity contribution in [2.24, 2.45) is 0 Å². The van der Waals surface area contributed by atoms with Gasteiger partial charge in [0.25, 0.3) is 10.0 Å². The van der Waals surface area contributed by atoms with Crippen LogP contribution in [0.25, 0.3) is 0 Å². The first-order chi connectivity index (χ1) is 16.3. The molecular formula is C27H32N2O4S. The Balaban J connectivity index is 2.02. The molecule has 34 heavy (non-hydrogen) atoms. The lowest BCUT2D eigenvalue weighted by Crippen LogP contribution is -2.37. The molecule has 0 heterocycles. The monoisotopic (exact) mass is 480 g/mol. The zero-order chi connectivity index (χ0) is 24.6. The highest BCUT2D eigenvalue weighted by Crippen LogP contribution is 2.35. The number of carbonyl (C=O) groups is 1. The largest absolute Gasteiger partial charge is 0.465 e. The summed E-state index contributed by atoms with van der Waals surface area (Å²) < 4.78 is 34.6. The molecule has 0 radical (unpaired) electrons. The van der Waals surface area contributed by atoms with Crippen LogP contribution < -0.4 is 4.31 Å². The van der Waals surface area contributed by atoms with Crippen molar-refractivity contribution in [3.8, 4) is 0 Å². The second-order valence-electron chi connectivity index (χ2n) is 8.21. The summed E-state index contributed by atoms with van der Waals surface area (Å²) in [6, 6.07) is 25.2. The summed E-state index contributed by atoms with van der Waals surface area (Å²) in [5.41, 5.74) is 2.46. The Hall–Kier alpha value is -3.16. The number of rotatable bonds is 11. The van der Waals surface area contributed by atoms with Gasteiger partial charge in [-0.25, -0.2) is 8.42 Å². The van der Waals surface area contributed by atoms with Crippen LogP contribution in [0.4, 0.5) is 5.69 Å². The van der Waals surface area contributed by atoms with E-state index in [0.29, 0.717) is 25.3 Å². The minimum Gasteiger partial charge on any atom is -0.465 e. The number of carbonyl (C=O) groups excluding carboxylic acids is 1. The molecule has 0 spiro atoms. The van der Waals surface area contributed by atoms with Gasteiger partial charge in [0.05, 0.1) is 29.8 Å². The molecule has 1 unspecified atom stereocenters. The molecule has 0 aromatic heterocycles. The molecule has 0 amide bonds. The summed E-state index contributed by atoms with van der Waals surface area (Å²) in [5.74, 6) is -0.298. The fraction of sp³-hybridized carbons (Fsp3) is 0.296. The molecule has 0 aliphatic heterocycles. The van der Waals surface area contributed by atoms with E-state index < -0.39 is 16.1 Å². The van der Waals surface area contributed by atoms with Gasteiger partial charge in [-0.3, -0.25) is 14.0 Å². The first kappa shape index (κ1) is 25.5. The van der Waals surface area contributed by atoms with Crippen LogP contribution in [0.5, 0.6) is 0 Å². The van der Waals surface area contributed by atoms with Gasteiger partial charge in [-0.1, -0.05) is 66.2 Å². The van der Waals surface area contributed by atoms with Crippen LogP contribution in [0.1, 0.15) is 30.5 Å². The van der Waals surface area contributed by atoms with E-state index in [0.717, 1.165) is 11.1 Å². The molecule has 180 valence electrons. The number of sulfonamides is 1. The van der Waals surface area contributed by atoms with E-state index in [-0.39, 0.29) is 17.4 Å². The number of hydrogen-bond donors (Lipinski definition) is 0. The standard InChI is InChI=1S/C27H32N2O4S/c1-4-33-27(30)21-28(3)20-19-26(23-11-7-5-8-12-23)29(24-13-9-6-10-14-24)34(31,32)25-17-15-22(2)16-18-25/h5-18,26H,4,19-21H2,1-3H3. The first-order valence-corrected chi connectivity index (χ1v) is 12.8. The number of aryl methyl sites for hydroxylation is 1. The van der Waals surface area contributed by atoms with Crippen molar-refractivity contribution in [1.82, 2.24) is 4.90 Å². The number of para-hydroxylation sites is 1. The third-order valence-corrected chi connectivity index (χ3v) is 7.40. The maximum atomic E-state index is 14.0. The Bertz CT molecular complexity index is 1150. The first-order valence-electron chi connectivity index (χ1n) is 11.4. The van der Waals surface area contributed by atoms with Crippen molar-refractivity contribution < 1.29 is 17.9 Å². The van der Waals surface area contributed by atoms with E-state index in [1.165, 1.54) is 4.31 Å². The van der Waals surface area contributed by atoms with E-state index in [2.05, 4.69) is 0 Å². The second kappa shape index (κ2) is 11.8. The quantitative estimate of drug-likeness (QED) is 0.368. The summed E-state index contributed by atoms with van der Waals surface area (Å²) >= 11 is 0. The molecule has 0 aliphatic rings. The van der Waals surface area contributed by atoms with Gasteiger partial charge in [0.15, 0.2) is 0 Å². The van der Waals surface area contributed by atoms with Crippen molar-refractivity contribution in [2.75, 3.05) is 31.0 Å². The van der Waals surface area contributed by atoms with Gasteiger partial charge in [0.1, 0.15) is 0 Å². The highest BCUT2D eigenvalue weighted by atomic mass is 32.2. The van der Waals surface area contributed by atoms with Gasteiger partial charge >= 0.3 is 5.97 Å². The number of likely N-dealkylation sites (N-methyl/N-ethyl adjacent to an activating group) is 1. The van der Waals surface area contributed by atoms with Crippen LogP contribution in [-0.4, -0.2) is 46.0 Å². The molecule has 3 rings (SSSR count). The van der Waals surface area contributed by atoms with Gasteiger partial charge in [0, 0.05) is 6.54 Å². The highest BCUT2D eigenvalue weighted by Gasteiger charge is 2.33. The third kappa shape index (κ3) is 6.46. The van der Waals surface area contributed by atoms with Crippen molar-refractivity contribution >= 4 is 21.7 Å². The average Bonchev–Trinajstić information content (AvgIpc) is 2.83. The summed E-state index contributed by atoms with van der Waals surface area (Å²) in [7, 11) is -2.04. The van der Waals surface area contributed by atoms with Crippen molar-refractivity contribution in [3.05, 3.63) is 96.1 Å². The summed E-state index contributed by atoms with van der Waals surface area (Å²) in [4.78, 5) is 14.0. The zero-order valence-electron chi connectivity index (χ0n) is 19.9. The maximum Gasteiger partial charge on any atom is 0.320 e. The van der Waals surface area contributed by atoms with Crippen LogP contribution in [0, 0.1) is 6.92 Å². The lowest BCUT2D eigenvalue weighted by Gasteiger charge is -2.34. The molecule has 0 saturated carbocycles. The Morgan fingerprint density at radius 2 is 1.50 bits per heavy atom.